The number of hydrogen-bond acceptors (Lipinski definition) is 1. The smallest absolute Gasteiger partial charge is 0.223 e. The van der Waals surface area contributed by atoms with Crippen molar-refractivity contribution in [2.45, 2.75) is 52.9 Å². The molecule has 1 N–H and O–H groups in total. The Morgan fingerprint density at radius 2 is 2.12 bits per heavy atom. The molecule has 2 unspecified atom stereocenters. The van der Waals surface area contributed by atoms with E-state index in [4.69, 9.17) is 0 Å². The van der Waals surface area contributed by atoms with Gasteiger partial charge in [0.25, 0.3) is 0 Å². The van der Waals surface area contributed by atoms with Crippen LogP contribution in [0.25, 0.3) is 0 Å². The molecule has 0 saturated heterocycles. The molecule has 0 spiro atoms. The highest BCUT2D eigenvalue weighted by Gasteiger charge is 2.30. The van der Waals surface area contributed by atoms with Crippen LogP contribution < -0.4 is 5.32 Å². The maximum absolute atomic E-state index is 12.1. The molecular formula is C14H26BrNO. The first-order valence-electron chi connectivity index (χ1n) is 6.80. The maximum atomic E-state index is 12.1. The predicted molar refractivity (Wildman–Crippen MR) is 76.3 cm³/mol. The lowest BCUT2D eigenvalue weighted by atomic mass is 9.87. The summed E-state index contributed by atoms with van der Waals surface area (Å²) in [6.07, 6.45) is 5.83. The van der Waals surface area contributed by atoms with Gasteiger partial charge >= 0.3 is 0 Å². The van der Waals surface area contributed by atoms with Crippen LogP contribution >= 0.6 is 15.9 Å². The lowest BCUT2D eigenvalue weighted by molar-refractivity contribution is -0.126. The third-order valence-corrected chi connectivity index (χ3v) is 4.49. The molecule has 0 aromatic carbocycles. The molecule has 3 heteroatoms. The zero-order valence-electron chi connectivity index (χ0n) is 11.4. The summed E-state index contributed by atoms with van der Waals surface area (Å²) in [6, 6.07) is 0. The summed E-state index contributed by atoms with van der Waals surface area (Å²) in [6.45, 7) is 7.47. The zero-order valence-corrected chi connectivity index (χ0v) is 13.0. The average Bonchev–Trinajstić information content (AvgIpc) is 2.70. The lowest BCUT2D eigenvalue weighted by Gasteiger charge is -2.26. The van der Waals surface area contributed by atoms with E-state index in [-0.39, 0.29) is 17.2 Å². The molecule has 1 amide bonds. The Labute approximate surface area is 114 Å². The summed E-state index contributed by atoms with van der Waals surface area (Å²) in [5.74, 6) is 1.12. The van der Waals surface area contributed by atoms with Gasteiger partial charge in [-0.2, -0.15) is 0 Å². The first-order valence-corrected chi connectivity index (χ1v) is 7.92. The molecule has 1 rings (SSSR count). The number of hydrogen-bond donors (Lipinski definition) is 1. The van der Waals surface area contributed by atoms with Crippen LogP contribution in [-0.4, -0.2) is 17.8 Å². The van der Waals surface area contributed by atoms with E-state index in [0.29, 0.717) is 5.92 Å². The largest absolute Gasteiger partial charge is 0.355 e. The minimum absolute atomic E-state index is 0.214. The molecule has 0 bridgehead atoms. The summed E-state index contributed by atoms with van der Waals surface area (Å²) in [4.78, 5) is 12.1. The maximum Gasteiger partial charge on any atom is 0.223 e. The van der Waals surface area contributed by atoms with Crippen LogP contribution in [0.5, 0.6) is 0 Å². The molecule has 1 aliphatic carbocycles. The first-order chi connectivity index (χ1) is 7.96. The monoisotopic (exact) mass is 303 g/mol. The zero-order chi connectivity index (χ0) is 12.9. The third-order valence-electron chi connectivity index (χ3n) is 3.93. The van der Waals surface area contributed by atoms with Crippen molar-refractivity contribution in [2.24, 2.45) is 17.3 Å². The highest BCUT2D eigenvalue weighted by molar-refractivity contribution is 9.09. The van der Waals surface area contributed by atoms with Crippen molar-refractivity contribution in [1.29, 1.82) is 0 Å². The second kappa shape index (κ2) is 6.77. The quantitative estimate of drug-likeness (QED) is 0.744. The van der Waals surface area contributed by atoms with Gasteiger partial charge in [-0.15, -0.1) is 0 Å². The topological polar surface area (TPSA) is 29.1 Å². The van der Waals surface area contributed by atoms with E-state index < -0.39 is 0 Å². The van der Waals surface area contributed by atoms with Crippen molar-refractivity contribution < 1.29 is 4.79 Å². The second-order valence-corrected chi connectivity index (χ2v) is 6.98. The van der Waals surface area contributed by atoms with E-state index in [2.05, 4.69) is 42.0 Å². The molecule has 1 fully saturated rings. The Balaban J connectivity index is 2.31. The predicted octanol–water partition coefficient (Wildman–Crippen LogP) is 3.74. The van der Waals surface area contributed by atoms with Crippen LogP contribution in [0.15, 0.2) is 0 Å². The summed E-state index contributed by atoms with van der Waals surface area (Å²) < 4.78 is 0. The Bertz CT molecular complexity index is 253. The fraction of sp³-hybridized carbons (Fsp3) is 0.929. The van der Waals surface area contributed by atoms with Gasteiger partial charge in [-0.3, -0.25) is 4.79 Å². The van der Waals surface area contributed by atoms with Crippen LogP contribution in [-0.2, 0) is 4.79 Å². The first kappa shape index (κ1) is 15.0. The van der Waals surface area contributed by atoms with Crippen molar-refractivity contribution in [3.05, 3.63) is 0 Å². The van der Waals surface area contributed by atoms with E-state index in [9.17, 15) is 4.79 Å². The number of amides is 1. The molecular weight excluding hydrogens is 278 g/mol. The van der Waals surface area contributed by atoms with E-state index in [0.717, 1.165) is 24.7 Å². The molecule has 100 valence electrons. The average molecular weight is 304 g/mol. The van der Waals surface area contributed by atoms with Crippen molar-refractivity contribution in [1.82, 2.24) is 5.32 Å². The second-order valence-electron chi connectivity index (χ2n) is 6.19. The summed E-state index contributed by atoms with van der Waals surface area (Å²) in [7, 11) is 0. The molecule has 0 aromatic heterocycles. The van der Waals surface area contributed by atoms with Gasteiger partial charge in [-0.05, 0) is 37.0 Å². The molecule has 17 heavy (non-hydrogen) atoms. The molecule has 1 saturated carbocycles. The molecule has 2 nitrogen and oxygen atoms in total. The molecule has 0 aliphatic heterocycles. The van der Waals surface area contributed by atoms with E-state index in [1.54, 1.807) is 0 Å². The van der Waals surface area contributed by atoms with Gasteiger partial charge in [0.1, 0.15) is 0 Å². The van der Waals surface area contributed by atoms with Crippen LogP contribution in [0.1, 0.15) is 52.9 Å². The number of rotatable bonds is 6. The molecule has 0 heterocycles. The van der Waals surface area contributed by atoms with E-state index in [1.165, 1.54) is 19.3 Å². The van der Waals surface area contributed by atoms with Gasteiger partial charge in [0, 0.05) is 17.8 Å². The Morgan fingerprint density at radius 3 is 2.65 bits per heavy atom. The van der Waals surface area contributed by atoms with Crippen molar-refractivity contribution >= 4 is 21.8 Å². The fourth-order valence-corrected chi connectivity index (χ4v) is 2.91. The van der Waals surface area contributed by atoms with Gasteiger partial charge in [0.05, 0.1) is 0 Å². The van der Waals surface area contributed by atoms with Crippen molar-refractivity contribution in [2.75, 3.05) is 11.9 Å². The van der Waals surface area contributed by atoms with Crippen molar-refractivity contribution in [3.8, 4) is 0 Å². The van der Waals surface area contributed by atoms with Gasteiger partial charge in [0.15, 0.2) is 0 Å². The van der Waals surface area contributed by atoms with Gasteiger partial charge < -0.3 is 5.32 Å². The van der Waals surface area contributed by atoms with Crippen LogP contribution in [0, 0.1) is 17.3 Å². The standard InChI is InChI=1S/C14H26BrNO/c1-11-6-4-7-12(11)13(17)16-10-14(2,3)8-5-9-15/h11-12H,4-10H2,1-3H3,(H,16,17). The molecule has 0 aromatic rings. The third kappa shape index (κ3) is 4.99. The van der Waals surface area contributed by atoms with E-state index >= 15 is 0 Å². The minimum Gasteiger partial charge on any atom is -0.355 e. The van der Waals surface area contributed by atoms with E-state index in [1.807, 2.05) is 0 Å². The Hall–Kier alpha value is -0.0500. The van der Waals surface area contributed by atoms with Crippen LogP contribution in [0.2, 0.25) is 0 Å². The Morgan fingerprint density at radius 1 is 1.41 bits per heavy atom. The number of carbonyl (C=O) groups is 1. The van der Waals surface area contributed by atoms with Crippen molar-refractivity contribution in [3.63, 3.8) is 0 Å². The number of carbonyl (C=O) groups excluding carboxylic acids is 1. The van der Waals surface area contributed by atoms with Crippen LogP contribution in [0.3, 0.4) is 0 Å². The highest BCUT2D eigenvalue weighted by Crippen LogP contribution is 2.31. The number of halogens is 1. The SMILES string of the molecule is CC1CCCC1C(=O)NCC(C)(C)CCCBr. The summed E-state index contributed by atoms with van der Waals surface area (Å²) in [5.41, 5.74) is 0.214. The van der Waals surface area contributed by atoms with Gasteiger partial charge in [0.2, 0.25) is 5.91 Å². The minimum atomic E-state index is 0.214. The normalized spacial score (nSPS) is 24.9. The lowest BCUT2D eigenvalue weighted by Crippen LogP contribution is -2.38. The summed E-state index contributed by atoms with van der Waals surface area (Å²) in [5, 5.41) is 4.20. The number of nitrogens with one attached hydrogen (secondary N) is 1. The fourth-order valence-electron chi connectivity index (χ4n) is 2.63. The molecule has 0 radical (unpaired) electrons. The highest BCUT2D eigenvalue weighted by atomic mass is 79.9. The van der Waals surface area contributed by atoms with Gasteiger partial charge in [-0.1, -0.05) is 43.1 Å². The van der Waals surface area contributed by atoms with Gasteiger partial charge in [-0.25, -0.2) is 0 Å². The Kier molecular flexibility index (Phi) is 5.98. The molecule has 2 atom stereocenters. The summed E-state index contributed by atoms with van der Waals surface area (Å²) >= 11 is 3.46. The number of alkyl halides is 1. The van der Waals surface area contributed by atoms with Crippen LogP contribution in [0.4, 0.5) is 0 Å². The molecule has 1 aliphatic rings.